The summed E-state index contributed by atoms with van der Waals surface area (Å²) >= 11 is 0. The van der Waals surface area contributed by atoms with Gasteiger partial charge in [0.1, 0.15) is 0 Å². The molecular formula is C27H28N6O. The van der Waals surface area contributed by atoms with Gasteiger partial charge in [-0.2, -0.15) is 0 Å². The molecule has 0 fully saturated rings. The first kappa shape index (κ1) is 21.9. The Morgan fingerprint density at radius 2 is 1.38 bits per heavy atom. The van der Waals surface area contributed by atoms with E-state index in [-0.39, 0.29) is 17.0 Å². The van der Waals surface area contributed by atoms with E-state index in [9.17, 15) is 4.79 Å². The van der Waals surface area contributed by atoms with Crippen molar-refractivity contribution in [2.45, 2.75) is 46.6 Å². The first-order valence-corrected chi connectivity index (χ1v) is 11.4. The lowest BCUT2D eigenvalue weighted by atomic mass is 9.82. The highest BCUT2D eigenvalue weighted by atomic mass is 16.2. The molecule has 7 nitrogen and oxygen atoms in total. The SMILES string of the molecule is CC(C)(C)CC(C)(C)NC(=O)Nc1ccc2nc3c4cccnc4c4ncccc4c3nc2c1. The van der Waals surface area contributed by atoms with Crippen LogP contribution in [-0.4, -0.2) is 31.5 Å². The lowest BCUT2D eigenvalue weighted by Gasteiger charge is -2.33. The Balaban J connectivity index is 1.55. The van der Waals surface area contributed by atoms with Crippen LogP contribution < -0.4 is 10.6 Å². The number of rotatable bonds is 3. The molecule has 2 amide bonds. The van der Waals surface area contributed by atoms with Crippen molar-refractivity contribution in [3.63, 3.8) is 0 Å². The lowest BCUT2D eigenvalue weighted by molar-refractivity contribution is 0.220. The molecule has 0 unspecified atom stereocenters. The molecule has 0 atom stereocenters. The van der Waals surface area contributed by atoms with Gasteiger partial charge >= 0.3 is 6.03 Å². The average molecular weight is 453 g/mol. The van der Waals surface area contributed by atoms with Crippen LogP contribution >= 0.6 is 0 Å². The molecule has 5 aromatic rings. The fourth-order valence-electron chi connectivity index (χ4n) is 4.92. The lowest BCUT2D eigenvalue weighted by Crippen LogP contribution is -2.47. The number of hydrogen-bond acceptors (Lipinski definition) is 5. The second-order valence-corrected chi connectivity index (χ2v) is 10.6. The van der Waals surface area contributed by atoms with E-state index in [1.54, 1.807) is 12.4 Å². The van der Waals surface area contributed by atoms with Crippen LogP contribution in [0.25, 0.3) is 43.9 Å². The molecule has 172 valence electrons. The van der Waals surface area contributed by atoms with E-state index in [0.29, 0.717) is 11.2 Å². The molecular weight excluding hydrogens is 424 g/mol. The van der Waals surface area contributed by atoms with Crippen LogP contribution in [0.15, 0.2) is 54.9 Å². The number of nitrogens with one attached hydrogen (secondary N) is 2. The van der Waals surface area contributed by atoms with Gasteiger partial charge in [-0.1, -0.05) is 20.8 Å². The predicted octanol–water partition coefficient (Wildman–Crippen LogP) is 6.22. The Hall–Kier alpha value is -3.87. The van der Waals surface area contributed by atoms with Crippen LogP contribution in [0.2, 0.25) is 0 Å². The minimum absolute atomic E-state index is 0.105. The third-order valence-corrected chi connectivity index (χ3v) is 5.70. The Morgan fingerprint density at radius 3 is 1.97 bits per heavy atom. The van der Waals surface area contributed by atoms with Crippen molar-refractivity contribution in [1.29, 1.82) is 0 Å². The summed E-state index contributed by atoms with van der Waals surface area (Å²) in [7, 11) is 0. The molecule has 5 rings (SSSR count). The van der Waals surface area contributed by atoms with Crippen LogP contribution in [0.3, 0.4) is 0 Å². The number of hydrogen-bond donors (Lipinski definition) is 2. The van der Waals surface area contributed by atoms with Crippen molar-refractivity contribution in [3.8, 4) is 0 Å². The summed E-state index contributed by atoms with van der Waals surface area (Å²) in [5.41, 5.74) is 5.05. The van der Waals surface area contributed by atoms with Gasteiger partial charge in [-0.25, -0.2) is 14.8 Å². The molecule has 0 radical (unpaired) electrons. The van der Waals surface area contributed by atoms with Crippen LogP contribution in [0.4, 0.5) is 10.5 Å². The number of urea groups is 1. The maximum Gasteiger partial charge on any atom is 0.319 e. The van der Waals surface area contributed by atoms with E-state index in [1.165, 1.54) is 0 Å². The van der Waals surface area contributed by atoms with Crippen LogP contribution in [-0.2, 0) is 0 Å². The Morgan fingerprint density at radius 1 is 0.794 bits per heavy atom. The Labute approximate surface area is 198 Å². The molecule has 0 aliphatic rings. The Kier molecular flexibility index (Phi) is 5.08. The van der Waals surface area contributed by atoms with E-state index in [1.807, 2.05) is 56.3 Å². The molecule has 3 aromatic heterocycles. The molecule has 0 aliphatic carbocycles. The largest absolute Gasteiger partial charge is 0.333 e. The molecule has 0 bridgehead atoms. The third-order valence-electron chi connectivity index (χ3n) is 5.70. The summed E-state index contributed by atoms with van der Waals surface area (Å²) in [4.78, 5) is 31.7. The number of benzene rings is 2. The summed E-state index contributed by atoms with van der Waals surface area (Å²) in [6.07, 6.45) is 4.38. The molecule has 0 saturated heterocycles. The summed E-state index contributed by atoms with van der Waals surface area (Å²) in [5, 5.41) is 7.85. The van der Waals surface area contributed by atoms with Gasteiger partial charge in [0.25, 0.3) is 0 Å². The zero-order valence-electron chi connectivity index (χ0n) is 20.1. The van der Waals surface area contributed by atoms with Crippen molar-refractivity contribution >= 4 is 55.6 Å². The topological polar surface area (TPSA) is 92.7 Å². The van der Waals surface area contributed by atoms with Crippen LogP contribution in [0, 0.1) is 5.41 Å². The summed E-state index contributed by atoms with van der Waals surface area (Å²) < 4.78 is 0. The van der Waals surface area contributed by atoms with Crippen molar-refractivity contribution in [2.75, 3.05) is 5.32 Å². The quantitative estimate of drug-likeness (QED) is 0.251. The number of anilines is 1. The highest BCUT2D eigenvalue weighted by Gasteiger charge is 2.27. The smallest absolute Gasteiger partial charge is 0.319 e. The zero-order valence-corrected chi connectivity index (χ0v) is 20.1. The minimum Gasteiger partial charge on any atom is -0.333 e. The van der Waals surface area contributed by atoms with Gasteiger partial charge in [0.2, 0.25) is 0 Å². The number of nitrogens with zero attached hydrogens (tertiary/aromatic N) is 4. The number of pyridine rings is 2. The van der Waals surface area contributed by atoms with Crippen LogP contribution in [0.1, 0.15) is 41.0 Å². The molecule has 0 spiro atoms. The molecule has 7 heteroatoms. The monoisotopic (exact) mass is 452 g/mol. The molecule has 34 heavy (non-hydrogen) atoms. The fourth-order valence-corrected chi connectivity index (χ4v) is 4.92. The first-order chi connectivity index (χ1) is 16.1. The van der Waals surface area contributed by atoms with Crippen molar-refractivity contribution in [1.82, 2.24) is 25.3 Å². The highest BCUT2D eigenvalue weighted by molar-refractivity contribution is 6.21. The first-order valence-electron chi connectivity index (χ1n) is 11.4. The average Bonchev–Trinajstić information content (AvgIpc) is 2.76. The maximum absolute atomic E-state index is 12.7. The van der Waals surface area contributed by atoms with Gasteiger partial charge in [0.15, 0.2) is 0 Å². The second-order valence-electron chi connectivity index (χ2n) is 10.6. The number of aromatic nitrogens is 4. The zero-order chi connectivity index (χ0) is 24.1. The number of carbonyl (C=O) groups excluding carboxylic acids is 1. The molecule has 0 aliphatic heterocycles. The highest BCUT2D eigenvalue weighted by Crippen LogP contribution is 2.32. The standard InChI is InChI=1S/C27H28N6O/c1-26(2,3)15-27(4,5)33-25(34)30-16-10-11-19-20(14-16)32-24-18-9-7-13-29-22(18)21-17(23(24)31-19)8-6-12-28-21/h6-14H,15H2,1-5H3,(H2,30,33,34). The summed E-state index contributed by atoms with van der Waals surface area (Å²) in [6, 6.07) is 13.1. The van der Waals surface area contributed by atoms with Crippen molar-refractivity contribution in [2.24, 2.45) is 5.41 Å². The predicted molar refractivity (Wildman–Crippen MR) is 138 cm³/mol. The number of fused-ring (bicyclic) bond motifs is 7. The van der Waals surface area contributed by atoms with E-state index in [0.717, 1.165) is 44.8 Å². The minimum atomic E-state index is -0.337. The van der Waals surface area contributed by atoms with Crippen LogP contribution in [0.5, 0.6) is 0 Å². The number of carbonyl (C=O) groups is 1. The molecule has 0 saturated carbocycles. The van der Waals surface area contributed by atoms with Gasteiger partial charge < -0.3 is 10.6 Å². The van der Waals surface area contributed by atoms with E-state index >= 15 is 0 Å². The molecule has 3 heterocycles. The van der Waals surface area contributed by atoms with E-state index < -0.39 is 0 Å². The number of amides is 2. The van der Waals surface area contributed by atoms with Crippen molar-refractivity contribution in [3.05, 3.63) is 54.9 Å². The Bertz CT molecular complexity index is 1570. The normalized spacial score (nSPS) is 12.5. The molecule has 2 N–H and O–H groups in total. The summed E-state index contributed by atoms with van der Waals surface area (Å²) in [5.74, 6) is 0. The van der Waals surface area contributed by atoms with E-state index in [2.05, 4.69) is 41.4 Å². The second kappa shape index (κ2) is 7.87. The fraction of sp³-hybridized carbons (Fsp3) is 0.296. The van der Waals surface area contributed by atoms with Gasteiger partial charge in [0, 0.05) is 34.4 Å². The van der Waals surface area contributed by atoms with Gasteiger partial charge in [-0.05, 0) is 68.1 Å². The van der Waals surface area contributed by atoms with Gasteiger partial charge in [-0.15, -0.1) is 0 Å². The van der Waals surface area contributed by atoms with E-state index in [4.69, 9.17) is 9.97 Å². The molecule has 2 aromatic carbocycles. The van der Waals surface area contributed by atoms with Gasteiger partial charge in [0.05, 0.1) is 33.1 Å². The van der Waals surface area contributed by atoms with Crippen molar-refractivity contribution < 1.29 is 4.79 Å². The third kappa shape index (κ3) is 4.21. The van der Waals surface area contributed by atoms with Gasteiger partial charge in [-0.3, -0.25) is 9.97 Å². The summed E-state index contributed by atoms with van der Waals surface area (Å²) in [6.45, 7) is 10.6. The maximum atomic E-state index is 12.7.